The zero-order valence-electron chi connectivity index (χ0n) is 20.9. The van der Waals surface area contributed by atoms with Crippen LogP contribution in [-0.4, -0.2) is 92.3 Å². The third kappa shape index (κ3) is 5.67. The molecule has 3 heterocycles. The maximum absolute atomic E-state index is 13.6. The van der Waals surface area contributed by atoms with E-state index >= 15 is 0 Å². The van der Waals surface area contributed by atoms with Gasteiger partial charge in [-0.05, 0) is 31.9 Å². The van der Waals surface area contributed by atoms with Crippen molar-refractivity contribution in [1.82, 2.24) is 19.8 Å². The van der Waals surface area contributed by atoms with E-state index in [1.54, 1.807) is 0 Å². The van der Waals surface area contributed by atoms with Gasteiger partial charge in [-0.1, -0.05) is 19.1 Å². The van der Waals surface area contributed by atoms with E-state index in [2.05, 4.69) is 22.9 Å². The van der Waals surface area contributed by atoms with Crippen LogP contribution in [0, 0.1) is 6.92 Å². The smallest absolute Gasteiger partial charge is 0.257 e. The average molecular weight is 468 g/mol. The van der Waals surface area contributed by atoms with Crippen LogP contribution < -0.4 is 9.64 Å². The Kier molecular flexibility index (Phi) is 7.68. The molecule has 2 saturated heterocycles. The molecule has 2 aromatic rings. The second kappa shape index (κ2) is 10.7. The first-order valence-electron chi connectivity index (χ1n) is 12.2. The molecule has 8 heteroatoms. The van der Waals surface area contributed by atoms with Crippen molar-refractivity contribution in [2.75, 3.05) is 71.5 Å². The highest BCUT2D eigenvalue weighted by Crippen LogP contribution is 2.35. The summed E-state index contributed by atoms with van der Waals surface area (Å²) in [4.78, 5) is 29.2. The van der Waals surface area contributed by atoms with E-state index in [9.17, 15) is 4.79 Å². The summed E-state index contributed by atoms with van der Waals surface area (Å²) < 4.78 is 11.5. The molecule has 1 aromatic heterocycles. The molecular weight excluding hydrogens is 430 g/mol. The van der Waals surface area contributed by atoms with Gasteiger partial charge in [0.2, 0.25) is 0 Å². The first kappa shape index (κ1) is 24.4. The Morgan fingerprint density at radius 3 is 2.71 bits per heavy atom. The maximum Gasteiger partial charge on any atom is 0.257 e. The molecule has 2 aliphatic heterocycles. The van der Waals surface area contributed by atoms with Crippen LogP contribution in [-0.2, 0) is 10.2 Å². The number of rotatable bonds is 7. The summed E-state index contributed by atoms with van der Waals surface area (Å²) in [6.07, 6.45) is 1.92. The standard InChI is InChI=1S/C26H37N5O3/c1-20-27-23(18-24(28-20)29(3)4)26(2)10-7-11-31(19-26)25(32)21-8-5-6-9-22(21)34-17-14-30-12-15-33-16-13-30/h5-6,8-9,18H,7,10-17,19H2,1-4H3/t26-/m0/s1. The number of ether oxygens (including phenoxy) is 2. The number of para-hydroxylation sites is 1. The van der Waals surface area contributed by atoms with Crippen molar-refractivity contribution < 1.29 is 14.3 Å². The van der Waals surface area contributed by atoms with Gasteiger partial charge in [-0.15, -0.1) is 0 Å². The van der Waals surface area contributed by atoms with Crippen LogP contribution in [0.4, 0.5) is 5.82 Å². The van der Waals surface area contributed by atoms with Crippen LogP contribution in [0.25, 0.3) is 0 Å². The van der Waals surface area contributed by atoms with Crippen LogP contribution in [0.5, 0.6) is 5.75 Å². The fourth-order valence-electron chi connectivity index (χ4n) is 4.76. The van der Waals surface area contributed by atoms with E-state index < -0.39 is 0 Å². The molecule has 0 bridgehead atoms. The molecule has 4 rings (SSSR count). The highest BCUT2D eigenvalue weighted by Gasteiger charge is 2.37. The summed E-state index contributed by atoms with van der Waals surface area (Å²) in [6.45, 7) is 10.3. The Labute approximate surface area is 202 Å². The number of aryl methyl sites for hydroxylation is 1. The Morgan fingerprint density at radius 1 is 1.18 bits per heavy atom. The average Bonchev–Trinajstić information content (AvgIpc) is 2.84. The van der Waals surface area contributed by atoms with E-state index in [1.807, 2.05) is 55.1 Å². The zero-order valence-corrected chi connectivity index (χ0v) is 20.9. The first-order chi connectivity index (χ1) is 16.4. The van der Waals surface area contributed by atoms with Crippen LogP contribution in [0.1, 0.15) is 41.6 Å². The number of hydrogen-bond acceptors (Lipinski definition) is 7. The van der Waals surface area contributed by atoms with Crippen molar-refractivity contribution in [3.8, 4) is 5.75 Å². The highest BCUT2D eigenvalue weighted by molar-refractivity contribution is 5.97. The molecule has 184 valence electrons. The molecule has 1 atom stereocenters. The van der Waals surface area contributed by atoms with Crippen molar-refractivity contribution in [3.05, 3.63) is 47.4 Å². The Balaban J connectivity index is 1.47. The number of aromatic nitrogens is 2. The predicted octanol–water partition coefficient (Wildman–Crippen LogP) is 2.76. The number of carbonyl (C=O) groups is 1. The van der Waals surface area contributed by atoms with Crippen LogP contribution in [0.15, 0.2) is 30.3 Å². The molecule has 1 amide bonds. The molecule has 2 aliphatic rings. The molecule has 0 aliphatic carbocycles. The summed E-state index contributed by atoms with van der Waals surface area (Å²) in [5.41, 5.74) is 1.40. The molecule has 0 radical (unpaired) electrons. The summed E-state index contributed by atoms with van der Waals surface area (Å²) in [7, 11) is 3.97. The number of anilines is 1. The molecule has 0 N–H and O–H groups in total. The lowest BCUT2D eigenvalue weighted by molar-refractivity contribution is 0.0321. The number of carbonyl (C=O) groups excluding carboxylic acids is 1. The summed E-state index contributed by atoms with van der Waals surface area (Å²) in [5.74, 6) is 2.32. The lowest BCUT2D eigenvalue weighted by atomic mass is 9.78. The maximum atomic E-state index is 13.6. The van der Waals surface area contributed by atoms with E-state index in [1.165, 1.54) is 0 Å². The number of likely N-dealkylation sites (tertiary alicyclic amines) is 1. The zero-order chi connectivity index (χ0) is 24.1. The van der Waals surface area contributed by atoms with E-state index in [0.717, 1.165) is 69.6 Å². The van der Waals surface area contributed by atoms with Gasteiger partial charge in [0, 0.05) is 58.3 Å². The van der Waals surface area contributed by atoms with Crippen molar-refractivity contribution in [1.29, 1.82) is 0 Å². The van der Waals surface area contributed by atoms with Gasteiger partial charge in [0.25, 0.3) is 5.91 Å². The number of morpholine rings is 1. The monoisotopic (exact) mass is 467 g/mol. The largest absolute Gasteiger partial charge is 0.491 e. The van der Waals surface area contributed by atoms with E-state index in [-0.39, 0.29) is 11.3 Å². The third-order valence-electron chi connectivity index (χ3n) is 6.77. The normalized spacial score (nSPS) is 21.4. The highest BCUT2D eigenvalue weighted by atomic mass is 16.5. The van der Waals surface area contributed by atoms with Crippen molar-refractivity contribution in [2.24, 2.45) is 0 Å². The topological polar surface area (TPSA) is 71.0 Å². The molecule has 0 unspecified atom stereocenters. The number of amides is 1. The number of benzene rings is 1. The summed E-state index contributed by atoms with van der Waals surface area (Å²) in [5, 5.41) is 0. The molecule has 8 nitrogen and oxygen atoms in total. The van der Waals surface area contributed by atoms with Crippen LogP contribution in [0.2, 0.25) is 0 Å². The fourth-order valence-corrected chi connectivity index (χ4v) is 4.76. The number of hydrogen-bond donors (Lipinski definition) is 0. The number of piperidine rings is 1. The molecule has 0 spiro atoms. The Morgan fingerprint density at radius 2 is 1.94 bits per heavy atom. The van der Waals surface area contributed by atoms with Gasteiger partial charge in [-0.3, -0.25) is 9.69 Å². The predicted molar refractivity (Wildman–Crippen MR) is 133 cm³/mol. The molecular formula is C26H37N5O3. The molecule has 1 aromatic carbocycles. The Hall–Kier alpha value is -2.71. The second-order valence-electron chi connectivity index (χ2n) is 9.74. The van der Waals surface area contributed by atoms with Gasteiger partial charge in [0.1, 0.15) is 24.0 Å². The quantitative estimate of drug-likeness (QED) is 0.620. The number of nitrogens with zero attached hydrogens (tertiary/aromatic N) is 5. The van der Waals surface area contributed by atoms with Crippen molar-refractivity contribution >= 4 is 11.7 Å². The van der Waals surface area contributed by atoms with Crippen molar-refractivity contribution in [3.63, 3.8) is 0 Å². The molecule has 2 fully saturated rings. The van der Waals surface area contributed by atoms with E-state index in [0.29, 0.717) is 24.5 Å². The molecule has 0 saturated carbocycles. The molecule has 34 heavy (non-hydrogen) atoms. The fraction of sp³-hybridized carbons (Fsp3) is 0.577. The van der Waals surface area contributed by atoms with Gasteiger partial charge in [0.15, 0.2) is 0 Å². The van der Waals surface area contributed by atoms with E-state index in [4.69, 9.17) is 14.5 Å². The van der Waals surface area contributed by atoms with Gasteiger partial charge in [-0.2, -0.15) is 0 Å². The van der Waals surface area contributed by atoms with Gasteiger partial charge in [-0.25, -0.2) is 9.97 Å². The van der Waals surface area contributed by atoms with Crippen LogP contribution in [0.3, 0.4) is 0 Å². The second-order valence-corrected chi connectivity index (χ2v) is 9.74. The van der Waals surface area contributed by atoms with Crippen molar-refractivity contribution in [2.45, 2.75) is 32.1 Å². The minimum atomic E-state index is -0.224. The Bertz CT molecular complexity index is 992. The minimum absolute atomic E-state index is 0.0199. The van der Waals surface area contributed by atoms with Crippen LogP contribution >= 0.6 is 0 Å². The third-order valence-corrected chi connectivity index (χ3v) is 6.77. The lowest BCUT2D eigenvalue weighted by Crippen LogP contribution is -2.47. The van der Waals surface area contributed by atoms with Gasteiger partial charge in [0.05, 0.1) is 24.5 Å². The first-order valence-corrected chi connectivity index (χ1v) is 12.2. The summed E-state index contributed by atoms with van der Waals surface area (Å²) in [6, 6.07) is 9.66. The minimum Gasteiger partial charge on any atom is -0.491 e. The SMILES string of the molecule is Cc1nc(N(C)C)cc([C@@]2(C)CCCN(C(=O)c3ccccc3OCCN3CCOCC3)C2)n1. The summed E-state index contributed by atoms with van der Waals surface area (Å²) >= 11 is 0. The van der Waals surface area contributed by atoms with Gasteiger partial charge < -0.3 is 19.3 Å². The lowest BCUT2D eigenvalue weighted by Gasteiger charge is -2.40. The van der Waals surface area contributed by atoms with Gasteiger partial charge >= 0.3 is 0 Å².